The second-order valence-corrected chi connectivity index (χ2v) is 7.55. The van der Waals surface area contributed by atoms with Crippen LogP contribution in [-0.4, -0.2) is 30.0 Å². The normalized spacial score (nSPS) is 16.5. The molecule has 2 aromatic carbocycles. The lowest BCUT2D eigenvalue weighted by molar-refractivity contribution is 0.204. The van der Waals surface area contributed by atoms with Crippen LogP contribution in [0.1, 0.15) is 23.7 Å². The summed E-state index contributed by atoms with van der Waals surface area (Å²) in [6.07, 6.45) is 1.86. The second-order valence-electron chi connectivity index (χ2n) is 6.64. The molecule has 0 bridgehead atoms. The lowest BCUT2D eigenvalue weighted by atomic mass is 9.94. The van der Waals surface area contributed by atoms with Crippen molar-refractivity contribution < 1.29 is 19.3 Å². The predicted molar refractivity (Wildman–Crippen MR) is 118 cm³/mol. The summed E-state index contributed by atoms with van der Waals surface area (Å²) in [6.45, 7) is 0. The molecule has 4 rings (SSSR count). The maximum atomic E-state index is 10.6. The number of methoxy groups -OCH3 is 2. The third kappa shape index (κ3) is 4.18. The number of ether oxygens (including phenoxy) is 3. The van der Waals surface area contributed by atoms with Crippen LogP contribution in [0.25, 0.3) is 0 Å². The van der Waals surface area contributed by atoms with Crippen molar-refractivity contribution in [3.63, 3.8) is 0 Å². The molecule has 0 fully saturated rings. The molecule has 1 aliphatic rings. The fourth-order valence-corrected chi connectivity index (χ4v) is 3.46. The van der Waals surface area contributed by atoms with E-state index in [9.17, 15) is 5.11 Å². The van der Waals surface area contributed by atoms with Crippen LogP contribution in [0.4, 0.5) is 5.82 Å². The minimum absolute atomic E-state index is 0.0434. The van der Waals surface area contributed by atoms with Crippen molar-refractivity contribution in [3.8, 4) is 23.0 Å². The van der Waals surface area contributed by atoms with Gasteiger partial charge in [-0.2, -0.15) is 5.10 Å². The zero-order chi connectivity index (χ0) is 21.1. The number of anilines is 1. The van der Waals surface area contributed by atoms with Crippen molar-refractivity contribution >= 4 is 27.5 Å². The number of nitrogens with one attached hydrogen (secondary N) is 1. The number of hydrogen-bond donors (Lipinski definition) is 2. The number of aromatic hydroxyl groups is 1. The molecule has 0 amide bonds. The lowest BCUT2D eigenvalue weighted by Gasteiger charge is -2.28. The predicted octanol–water partition coefficient (Wildman–Crippen LogP) is 4.91. The van der Waals surface area contributed by atoms with Gasteiger partial charge in [0.1, 0.15) is 34.9 Å². The summed E-state index contributed by atoms with van der Waals surface area (Å²) in [7, 11) is 3.17. The number of hydrogen-bond acceptors (Lipinski definition) is 7. The van der Waals surface area contributed by atoms with E-state index in [1.807, 2.05) is 36.4 Å². The van der Waals surface area contributed by atoms with E-state index in [2.05, 4.69) is 31.4 Å². The van der Waals surface area contributed by atoms with Gasteiger partial charge < -0.3 is 19.3 Å². The molecule has 0 aliphatic carbocycles. The Kier molecular flexibility index (Phi) is 5.76. The Morgan fingerprint density at radius 3 is 2.53 bits per heavy atom. The van der Waals surface area contributed by atoms with Gasteiger partial charge in [-0.05, 0) is 45.8 Å². The highest BCUT2D eigenvalue weighted by Crippen LogP contribution is 2.42. The molecule has 0 saturated heterocycles. The number of hydrazone groups is 1. The fourth-order valence-electron chi connectivity index (χ4n) is 3.22. The zero-order valence-electron chi connectivity index (χ0n) is 16.4. The van der Waals surface area contributed by atoms with Crippen LogP contribution in [0.5, 0.6) is 23.0 Å². The Hall–Kier alpha value is -3.26. The number of phenols is 1. The third-order valence-electron chi connectivity index (χ3n) is 4.75. The average molecular weight is 470 g/mol. The van der Waals surface area contributed by atoms with Crippen molar-refractivity contribution in [1.82, 2.24) is 4.98 Å². The van der Waals surface area contributed by atoms with Gasteiger partial charge in [0, 0.05) is 29.2 Å². The largest absolute Gasteiger partial charge is 0.507 e. The maximum absolute atomic E-state index is 10.6. The number of aromatic nitrogens is 1. The van der Waals surface area contributed by atoms with Crippen LogP contribution < -0.4 is 19.6 Å². The van der Waals surface area contributed by atoms with Crippen molar-refractivity contribution in [2.45, 2.75) is 12.5 Å². The van der Waals surface area contributed by atoms with Crippen LogP contribution >= 0.6 is 15.9 Å². The van der Waals surface area contributed by atoms with Gasteiger partial charge in [-0.15, -0.1) is 0 Å². The summed E-state index contributed by atoms with van der Waals surface area (Å²) in [5.41, 5.74) is 5.12. The van der Waals surface area contributed by atoms with Crippen LogP contribution in [-0.2, 0) is 0 Å². The Morgan fingerprint density at radius 2 is 1.87 bits per heavy atom. The molecule has 0 spiro atoms. The molecule has 1 aliphatic heterocycles. The molecule has 154 valence electrons. The fraction of sp³-hybridized carbons (Fsp3) is 0.182. The molecule has 7 nitrogen and oxygen atoms in total. The molecular formula is C22H20BrN3O4. The molecule has 2 N–H and O–H groups in total. The monoisotopic (exact) mass is 469 g/mol. The molecule has 2 heterocycles. The maximum Gasteiger partial charge on any atom is 0.146 e. The number of phenolic OH excluding ortho intramolecular Hbond substituents is 1. The van der Waals surface area contributed by atoms with Gasteiger partial charge in [0.15, 0.2) is 0 Å². The van der Waals surface area contributed by atoms with Gasteiger partial charge >= 0.3 is 0 Å². The second kappa shape index (κ2) is 8.62. The van der Waals surface area contributed by atoms with E-state index < -0.39 is 0 Å². The first-order valence-electron chi connectivity index (χ1n) is 9.23. The number of benzene rings is 2. The topological polar surface area (TPSA) is 85.2 Å². The third-order valence-corrected chi connectivity index (χ3v) is 5.22. The molecule has 0 unspecified atom stereocenters. The highest BCUT2D eigenvalue weighted by Gasteiger charge is 2.30. The van der Waals surface area contributed by atoms with Crippen LogP contribution in [0.15, 0.2) is 64.3 Å². The van der Waals surface area contributed by atoms with E-state index in [0.29, 0.717) is 35.0 Å². The minimum atomic E-state index is -0.284. The van der Waals surface area contributed by atoms with E-state index in [4.69, 9.17) is 14.2 Å². The van der Waals surface area contributed by atoms with Gasteiger partial charge in [0.05, 0.1) is 25.5 Å². The first kappa shape index (κ1) is 20.0. The van der Waals surface area contributed by atoms with Crippen LogP contribution in [0.2, 0.25) is 0 Å². The summed E-state index contributed by atoms with van der Waals surface area (Å²) in [5.74, 6) is 2.41. The molecule has 1 atom stereocenters. The van der Waals surface area contributed by atoms with Gasteiger partial charge in [-0.1, -0.05) is 12.1 Å². The van der Waals surface area contributed by atoms with E-state index in [1.54, 1.807) is 32.5 Å². The summed E-state index contributed by atoms with van der Waals surface area (Å²) in [6, 6.07) is 14.7. The quantitative estimate of drug-likeness (QED) is 0.516. The average Bonchev–Trinajstić information content (AvgIpc) is 2.78. The Morgan fingerprint density at radius 1 is 1.10 bits per heavy atom. The number of nitrogens with zero attached hydrogens (tertiary/aromatic N) is 2. The van der Waals surface area contributed by atoms with Gasteiger partial charge in [-0.25, -0.2) is 4.98 Å². The minimum Gasteiger partial charge on any atom is -0.507 e. The zero-order valence-corrected chi connectivity index (χ0v) is 18.0. The highest BCUT2D eigenvalue weighted by atomic mass is 79.9. The van der Waals surface area contributed by atoms with E-state index in [0.717, 1.165) is 15.8 Å². The van der Waals surface area contributed by atoms with Gasteiger partial charge in [0.2, 0.25) is 0 Å². The molecule has 0 saturated carbocycles. The molecule has 1 aromatic heterocycles. The van der Waals surface area contributed by atoms with Gasteiger partial charge in [0.25, 0.3) is 0 Å². The molecule has 30 heavy (non-hydrogen) atoms. The van der Waals surface area contributed by atoms with Crippen molar-refractivity contribution in [2.24, 2.45) is 5.10 Å². The summed E-state index contributed by atoms with van der Waals surface area (Å²) in [4.78, 5) is 4.27. The molecular weight excluding hydrogens is 450 g/mol. The van der Waals surface area contributed by atoms with E-state index in [1.165, 1.54) is 0 Å². The summed E-state index contributed by atoms with van der Waals surface area (Å²) in [5, 5.41) is 15.1. The van der Waals surface area contributed by atoms with Crippen LogP contribution in [0.3, 0.4) is 0 Å². The first-order valence-corrected chi connectivity index (χ1v) is 10.0. The molecule has 3 aromatic rings. The summed E-state index contributed by atoms with van der Waals surface area (Å²) < 4.78 is 17.6. The highest BCUT2D eigenvalue weighted by molar-refractivity contribution is 9.10. The molecule has 8 heteroatoms. The van der Waals surface area contributed by atoms with E-state index >= 15 is 0 Å². The Labute approximate surface area is 182 Å². The molecule has 0 radical (unpaired) electrons. The lowest BCUT2D eigenvalue weighted by Crippen LogP contribution is -2.22. The first-order chi connectivity index (χ1) is 14.6. The SMILES string of the molecule is COc1ccc([C@@H]2C/C(=N\Nc3ccc(Br)cn3)c3c(O)cc(OC)cc3O2)cc1. The number of rotatable bonds is 5. The standard InChI is InChI=1S/C22H20BrN3O4/c1-28-15-6-3-13(4-7-15)19-11-17(25-26-21-8-5-14(23)12-24-21)22-18(27)9-16(29-2)10-20(22)30-19/h3-10,12,19,27H,11H2,1-2H3,(H,24,26)/b25-17+/t19-/m0/s1. The van der Waals surface area contributed by atoms with Crippen molar-refractivity contribution in [2.75, 3.05) is 19.6 Å². The smallest absolute Gasteiger partial charge is 0.146 e. The van der Waals surface area contributed by atoms with Crippen LogP contribution in [0, 0.1) is 0 Å². The summed E-state index contributed by atoms with van der Waals surface area (Å²) >= 11 is 3.37. The number of halogens is 1. The van der Waals surface area contributed by atoms with Crippen molar-refractivity contribution in [1.29, 1.82) is 0 Å². The number of fused-ring (bicyclic) bond motifs is 1. The van der Waals surface area contributed by atoms with Gasteiger partial charge in [-0.3, -0.25) is 5.43 Å². The number of pyridine rings is 1. The Balaban J connectivity index is 1.71. The van der Waals surface area contributed by atoms with E-state index in [-0.39, 0.29) is 11.9 Å². The van der Waals surface area contributed by atoms with Crippen molar-refractivity contribution in [3.05, 3.63) is 70.3 Å². The Bertz CT molecular complexity index is 1070.